The van der Waals surface area contributed by atoms with Crippen LogP contribution in [0.15, 0.2) is 0 Å². The van der Waals surface area contributed by atoms with E-state index in [4.69, 9.17) is 5.73 Å². The molecule has 1 radical (unpaired) electrons. The Kier molecular flexibility index (Phi) is 6.96. The minimum atomic E-state index is -0.539. The molecule has 0 saturated carbocycles. The summed E-state index contributed by atoms with van der Waals surface area (Å²) >= 11 is 0. The molecule has 0 saturated heterocycles. The lowest BCUT2D eigenvalue weighted by atomic mass is 9.99. The van der Waals surface area contributed by atoms with Crippen LogP contribution >= 0.6 is 0 Å². The van der Waals surface area contributed by atoms with Crippen molar-refractivity contribution in [1.29, 1.82) is 0 Å². The fourth-order valence-electron chi connectivity index (χ4n) is 1.23. The molecule has 4 nitrogen and oxygen atoms in total. The molecule has 0 aliphatic heterocycles. The third kappa shape index (κ3) is 4.93. The number of hydrogen-bond donors (Lipinski definition) is 2. The second-order valence-corrected chi connectivity index (χ2v) is 3.88. The number of hydrogen-bond acceptors (Lipinski definition) is 3. The third-order valence-electron chi connectivity index (χ3n) is 2.60. The van der Waals surface area contributed by atoms with Crippen molar-refractivity contribution in [1.82, 2.24) is 5.32 Å². The molecule has 15 heavy (non-hydrogen) atoms. The van der Waals surface area contributed by atoms with Gasteiger partial charge in [-0.15, -0.1) is 0 Å². The Morgan fingerprint density at radius 1 is 1.47 bits per heavy atom. The summed E-state index contributed by atoms with van der Waals surface area (Å²) in [6.07, 6.45) is 4.10. The SMILES string of the molecule is CCC[C@@H]([C]=O)NC(=O)[C@@H](N)[C@@H](C)CC. The molecule has 0 aromatic carbocycles. The van der Waals surface area contributed by atoms with Crippen molar-refractivity contribution in [2.24, 2.45) is 11.7 Å². The maximum absolute atomic E-state index is 11.6. The topological polar surface area (TPSA) is 72.2 Å². The smallest absolute Gasteiger partial charge is 0.237 e. The highest BCUT2D eigenvalue weighted by molar-refractivity contribution is 5.84. The molecule has 0 heterocycles. The zero-order valence-corrected chi connectivity index (χ0v) is 9.75. The molecule has 3 atom stereocenters. The molecule has 0 aliphatic carbocycles. The zero-order chi connectivity index (χ0) is 11.8. The van der Waals surface area contributed by atoms with Gasteiger partial charge in [0.05, 0.1) is 12.1 Å². The minimum absolute atomic E-state index is 0.124. The van der Waals surface area contributed by atoms with E-state index >= 15 is 0 Å². The van der Waals surface area contributed by atoms with E-state index in [2.05, 4.69) is 5.32 Å². The molecule has 4 heteroatoms. The lowest BCUT2D eigenvalue weighted by Crippen LogP contribution is -2.48. The number of rotatable bonds is 7. The summed E-state index contributed by atoms with van der Waals surface area (Å²) in [6.45, 7) is 5.85. The molecule has 0 fully saturated rings. The predicted octanol–water partition coefficient (Wildman–Crippen LogP) is 0.754. The number of amides is 1. The highest BCUT2D eigenvalue weighted by Crippen LogP contribution is 2.05. The summed E-state index contributed by atoms with van der Waals surface area (Å²) in [5.41, 5.74) is 5.73. The molecule has 0 unspecified atom stereocenters. The highest BCUT2D eigenvalue weighted by atomic mass is 16.2. The molecule has 3 N–H and O–H groups in total. The first-order valence-corrected chi connectivity index (χ1v) is 5.50. The monoisotopic (exact) mass is 213 g/mol. The van der Waals surface area contributed by atoms with Crippen LogP contribution in [-0.4, -0.2) is 24.3 Å². The molecule has 0 rings (SSSR count). The van der Waals surface area contributed by atoms with Gasteiger partial charge in [0.2, 0.25) is 12.2 Å². The average Bonchev–Trinajstić information content (AvgIpc) is 2.26. The second kappa shape index (κ2) is 7.40. The first-order chi connectivity index (χ1) is 7.06. The first-order valence-electron chi connectivity index (χ1n) is 5.50. The van der Waals surface area contributed by atoms with E-state index in [0.717, 1.165) is 12.8 Å². The molecule has 1 amide bonds. The fraction of sp³-hybridized carbons (Fsp3) is 0.818. The Bertz CT molecular complexity index is 207. The average molecular weight is 213 g/mol. The van der Waals surface area contributed by atoms with Gasteiger partial charge in [-0.2, -0.15) is 0 Å². The van der Waals surface area contributed by atoms with Crippen molar-refractivity contribution in [2.45, 2.75) is 52.1 Å². The van der Waals surface area contributed by atoms with Gasteiger partial charge in [-0.25, -0.2) is 0 Å². The van der Waals surface area contributed by atoms with E-state index in [1.807, 2.05) is 27.1 Å². The fourth-order valence-corrected chi connectivity index (χ4v) is 1.23. The predicted molar refractivity (Wildman–Crippen MR) is 60.0 cm³/mol. The molecular formula is C11H21N2O2. The standard InChI is InChI=1S/C11H21N2O2/c1-4-6-9(7-14)13-11(15)10(12)8(3)5-2/h8-10H,4-6,12H2,1-3H3,(H,13,15)/t8-,9-,10-/m0/s1. The summed E-state index contributed by atoms with van der Waals surface area (Å²) in [5, 5.41) is 2.60. The third-order valence-corrected chi connectivity index (χ3v) is 2.60. The van der Waals surface area contributed by atoms with Crippen LogP contribution in [0.25, 0.3) is 0 Å². The molecule has 87 valence electrons. The lowest BCUT2D eigenvalue weighted by molar-refractivity contribution is -0.123. The van der Waals surface area contributed by atoms with Crippen LogP contribution < -0.4 is 11.1 Å². The molecule has 0 bridgehead atoms. The second-order valence-electron chi connectivity index (χ2n) is 3.88. The van der Waals surface area contributed by atoms with Gasteiger partial charge in [-0.1, -0.05) is 33.6 Å². The Labute approximate surface area is 91.6 Å². The number of carbonyl (C=O) groups excluding carboxylic acids is 2. The summed E-state index contributed by atoms with van der Waals surface area (Å²) in [5.74, 6) is -0.134. The first kappa shape index (κ1) is 14.1. The van der Waals surface area contributed by atoms with Crippen LogP contribution in [0.1, 0.15) is 40.0 Å². The molecule has 0 spiro atoms. The zero-order valence-electron chi connectivity index (χ0n) is 9.75. The van der Waals surface area contributed by atoms with Gasteiger partial charge in [0.25, 0.3) is 0 Å². The molecule has 0 aliphatic rings. The van der Waals surface area contributed by atoms with E-state index < -0.39 is 12.1 Å². The normalized spacial score (nSPS) is 16.5. The van der Waals surface area contributed by atoms with Gasteiger partial charge in [-0.05, 0) is 12.3 Å². The van der Waals surface area contributed by atoms with Gasteiger partial charge < -0.3 is 11.1 Å². The summed E-state index contributed by atoms with van der Waals surface area (Å²) < 4.78 is 0. The van der Waals surface area contributed by atoms with E-state index in [-0.39, 0.29) is 11.8 Å². The minimum Gasteiger partial charge on any atom is -0.344 e. The van der Waals surface area contributed by atoms with Crippen molar-refractivity contribution >= 4 is 12.2 Å². The molecule has 0 aromatic rings. The van der Waals surface area contributed by atoms with Gasteiger partial charge in [0, 0.05) is 0 Å². The van der Waals surface area contributed by atoms with E-state index in [1.54, 1.807) is 0 Å². The van der Waals surface area contributed by atoms with Crippen molar-refractivity contribution in [3.63, 3.8) is 0 Å². The Balaban J connectivity index is 4.15. The van der Waals surface area contributed by atoms with Gasteiger partial charge in [-0.3, -0.25) is 9.59 Å². The quantitative estimate of drug-likeness (QED) is 0.655. The Morgan fingerprint density at radius 2 is 2.07 bits per heavy atom. The van der Waals surface area contributed by atoms with Crippen molar-refractivity contribution in [3.05, 3.63) is 0 Å². The van der Waals surface area contributed by atoms with Crippen LogP contribution in [-0.2, 0) is 9.59 Å². The number of carbonyl (C=O) groups is 1. The van der Waals surface area contributed by atoms with Gasteiger partial charge >= 0.3 is 0 Å². The Hall–Kier alpha value is -0.900. The maximum atomic E-state index is 11.6. The van der Waals surface area contributed by atoms with E-state index in [1.165, 1.54) is 0 Å². The van der Waals surface area contributed by atoms with Crippen LogP contribution in [0.4, 0.5) is 0 Å². The summed E-state index contributed by atoms with van der Waals surface area (Å²) in [6, 6.07) is -1.06. The van der Waals surface area contributed by atoms with Crippen LogP contribution in [0.2, 0.25) is 0 Å². The summed E-state index contributed by atoms with van der Waals surface area (Å²) in [7, 11) is 0. The van der Waals surface area contributed by atoms with E-state index in [9.17, 15) is 9.59 Å². The van der Waals surface area contributed by atoms with Crippen molar-refractivity contribution in [3.8, 4) is 0 Å². The van der Waals surface area contributed by atoms with Crippen LogP contribution in [0.3, 0.4) is 0 Å². The molecular weight excluding hydrogens is 192 g/mol. The van der Waals surface area contributed by atoms with Crippen molar-refractivity contribution < 1.29 is 9.59 Å². The van der Waals surface area contributed by atoms with Gasteiger partial charge in [0.15, 0.2) is 0 Å². The van der Waals surface area contributed by atoms with E-state index in [0.29, 0.717) is 6.42 Å². The van der Waals surface area contributed by atoms with Crippen molar-refractivity contribution in [2.75, 3.05) is 0 Å². The molecule has 0 aromatic heterocycles. The Morgan fingerprint density at radius 3 is 2.47 bits per heavy atom. The number of nitrogens with one attached hydrogen (secondary N) is 1. The van der Waals surface area contributed by atoms with Crippen LogP contribution in [0, 0.1) is 5.92 Å². The lowest BCUT2D eigenvalue weighted by Gasteiger charge is -2.19. The number of nitrogens with two attached hydrogens (primary N) is 1. The largest absolute Gasteiger partial charge is 0.344 e. The maximum Gasteiger partial charge on any atom is 0.237 e. The summed E-state index contributed by atoms with van der Waals surface area (Å²) in [4.78, 5) is 22.1. The van der Waals surface area contributed by atoms with Gasteiger partial charge in [0.1, 0.15) is 0 Å². The van der Waals surface area contributed by atoms with Crippen LogP contribution in [0.5, 0.6) is 0 Å². The highest BCUT2D eigenvalue weighted by Gasteiger charge is 2.21.